The zero-order chi connectivity index (χ0) is 11.7. The number of nitrogens with zero attached hydrogens (tertiary/aromatic N) is 1. The van der Waals surface area contributed by atoms with Gasteiger partial charge in [0.05, 0.1) is 0 Å². The molecule has 0 saturated carbocycles. The van der Waals surface area contributed by atoms with Gasteiger partial charge in [0.1, 0.15) is 0 Å². The van der Waals surface area contributed by atoms with Crippen LogP contribution in [-0.4, -0.2) is 48.5 Å². The highest BCUT2D eigenvalue weighted by molar-refractivity contribution is 5.16. The Morgan fingerprint density at radius 3 is 1.87 bits per heavy atom. The Hall–Kier alpha value is -0.480. The van der Waals surface area contributed by atoms with Crippen LogP contribution in [0.25, 0.3) is 0 Å². The molecule has 88 valence electrons. The molecule has 2 heterocycles. The summed E-state index contributed by atoms with van der Waals surface area (Å²) >= 11 is 0. The largest absolute Gasteiger partial charge is 0.310 e. The van der Waals surface area contributed by atoms with Crippen molar-refractivity contribution in [2.45, 2.75) is 31.2 Å². The highest BCUT2D eigenvalue weighted by Crippen LogP contribution is 2.41. The molecular formula is C11H20F2N2. The van der Waals surface area contributed by atoms with Crippen molar-refractivity contribution >= 4 is 0 Å². The number of rotatable bonds is 1. The second kappa shape index (κ2) is 4.18. The molecule has 2 fully saturated rings. The Labute approximate surface area is 90.3 Å². The Morgan fingerprint density at radius 1 is 1.13 bits per heavy atom. The van der Waals surface area contributed by atoms with Crippen molar-refractivity contribution in [2.75, 3.05) is 26.2 Å². The van der Waals surface area contributed by atoms with Gasteiger partial charge in [-0.05, 0) is 13.8 Å². The molecule has 15 heavy (non-hydrogen) atoms. The van der Waals surface area contributed by atoms with E-state index in [1.165, 1.54) is 0 Å². The summed E-state index contributed by atoms with van der Waals surface area (Å²) in [6.45, 7) is 10.7. The molecule has 4 heteroatoms. The van der Waals surface area contributed by atoms with Gasteiger partial charge in [-0.3, -0.25) is 4.90 Å². The van der Waals surface area contributed by atoms with Crippen molar-refractivity contribution in [1.29, 1.82) is 0 Å². The first-order valence-electron chi connectivity index (χ1n) is 5.29. The van der Waals surface area contributed by atoms with Gasteiger partial charge in [-0.1, -0.05) is 0 Å². The van der Waals surface area contributed by atoms with E-state index in [4.69, 9.17) is 0 Å². The SMILES string of the molecule is C=C.CC(C)N1C[C@]2(F)CNC[C@]2(F)C1. The van der Waals surface area contributed by atoms with Gasteiger partial charge in [0, 0.05) is 32.2 Å². The third-order valence-corrected chi connectivity index (χ3v) is 3.25. The van der Waals surface area contributed by atoms with Crippen molar-refractivity contribution in [3.05, 3.63) is 13.2 Å². The molecule has 2 aliphatic rings. The van der Waals surface area contributed by atoms with Crippen LogP contribution in [0, 0.1) is 0 Å². The maximum atomic E-state index is 14.0. The molecule has 0 amide bonds. The van der Waals surface area contributed by atoms with E-state index in [1.807, 2.05) is 18.7 Å². The fourth-order valence-electron chi connectivity index (χ4n) is 2.24. The molecule has 0 aromatic carbocycles. The van der Waals surface area contributed by atoms with E-state index in [2.05, 4.69) is 18.5 Å². The Balaban J connectivity index is 0.000000531. The van der Waals surface area contributed by atoms with Crippen LogP contribution in [0.15, 0.2) is 13.2 Å². The van der Waals surface area contributed by atoms with Crippen molar-refractivity contribution < 1.29 is 8.78 Å². The van der Waals surface area contributed by atoms with Crippen LogP contribution in [0.5, 0.6) is 0 Å². The number of likely N-dealkylation sites (tertiary alicyclic amines) is 1. The fraction of sp³-hybridized carbons (Fsp3) is 0.818. The highest BCUT2D eigenvalue weighted by Gasteiger charge is 2.63. The zero-order valence-electron chi connectivity index (χ0n) is 9.52. The fourth-order valence-corrected chi connectivity index (χ4v) is 2.24. The van der Waals surface area contributed by atoms with E-state index in [0.717, 1.165) is 0 Å². The summed E-state index contributed by atoms with van der Waals surface area (Å²) in [4.78, 5) is 1.88. The summed E-state index contributed by atoms with van der Waals surface area (Å²) in [6, 6.07) is 0.228. The summed E-state index contributed by atoms with van der Waals surface area (Å²) in [7, 11) is 0. The second-order valence-corrected chi connectivity index (χ2v) is 4.53. The lowest BCUT2D eigenvalue weighted by molar-refractivity contribution is 0.0491. The van der Waals surface area contributed by atoms with Gasteiger partial charge in [-0.15, -0.1) is 13.2 Å². The summed E-state index contributed by atoms with van der Waals surface area (Å²) < 4.78 is 28.0. The average molecular weight is 218 g/mol. The molecule has 2 aliphatic heterocycles. The lowest BCUT2D eigenvalue weighted by Crippen LogP contribution is -2.44. The molecule has 0 radical (unpaired) electrons. The Morgan fingerprint density at radius 2 is 1.53 bits per heavy atom. The van der Waals surface area contributed by atoms with Gasteiger partial charge in [-0.2, -0.15) is 0 Å². The topological polar surface area (TPSA) is 15.3 Å². The first-order valence-corrected chi connectivity index (χ1v) is 5.29. The van der Waals surface area contributed by atoms with E-state index < -0.39 is 11.3 Å². The van der Waals surface area contributed by atoms with Gasteiger partial charge < -0.3 is 5.32 Å². The molecule has 2 nitrogen and oxygen atoms in total. The molecule has 2 atom stereocenters. The third-order valence-electron chi connectivity index (χ3n) is 3.25. The molecule has 0 spiro atoms. The summed E-state index contributed by atoms with van der Waals surface area (Å²) in [5.41, 5.74) is -3.31. The monoisotopic (exact) mass is 218 g/mol. The van der Waals surface area contributed by atoms with Crippen LogP contribution < -0.4 is 5.32 Å². The summed E-state index contributed by atoms with van der Waals surface area (Å²) in [5, 5.41) is 2.79. The highest BCUT2D eigenvalue weighted by atomic mass is 19.2. The molecule has 0 bridgehead atoms. The Kier molecular flexibility index (Phi) is 3.51. The summed E-state index contributed by atoms with van der Waals surface area (Å²) in [6.07, 6.45) is 0. The maximum absolute atomic E-state index is 14.0. The van der Waals surface area contributed by atoms with E-state index in [9.17, 15) is 8.78 Å². The molecular weight excluding hydrogens is 198 g/mol. The first-order chi connectivity index (χ1) is 6.97. The van der Waals surface area contributed by atoms with Crippen LogP contribution in [0.3, 0.4) is 0 Å². The predicted molar refractivity (Wildman–Crippen MR) is 58.5 cm³/mol. The van der Waals surface area contributed by atoms with E-state index >= 15 is 0 Å². The van der Waals surface area contributed by atoms with Gasteiger partial charge in [0.25, 0.3) is 0 Å². The lowest BCUT2D eigenvalue weighted by Gasteiger charge is -2.22. The van der Waals surface area contributed by atoms with Gasteiger partial charge in [0.15, 0.2) is 11.3 Å². The van der Waals surface area contributed by atoms with Crippen molar-refractivity contribution in [3.63, 3.8) is 0 Å². The standard InChI is InChI=1S/C9H16F2N2.C2H4/c1-7(2)13-5-8(10)3-12-4-9(8,11)6-13;1-2/h7,12H,3-6H2,1-2H3;1-2H2/t8-,9+;. The normalized spacial score (nSPS) is 40.1. The average Bonchev–Trinajstić information content (AvgIpc) is 2.57. The van der Waals surface area contributed by atoms with Crippen molar-refractivity contribution in [2.24, 2.45) is 0 Å². The lowest BCUT2D eigenvalue weighted by atomic mass is 9.94. The quantitative estimate of drug-likeness (QED) is 0.671. The smallest absolute Gasteiger partial charge is 0.172 e. The second-order valence-electron chi connectivity index (χ2n) is 4.53. The van der Waals surface area contributed by atoms with Gasteiger partial charge >= 0.3 is 0 Å². The van der Waals surface area contributed by atoms with E-state index in [1.54, 1.807) is 0 Å². The molecule has 2 rings (SSSR count). The Bertz CT molecular complexity index is 217. The van der Waals surface area contributed by atoms with Crippen LogP contribution in [0.1, 0.15) is 13.8 Å². The number of hydrogen-bond donors (Lipinski definition) is 1. The molecule has 2 saturated heterocycles. The molecule has 0 aliphatic carbocycles. The minimum atomic E-state index is -1.66. The molecule has 0 aromatic rings. The number of fused-ring (bicyclic) bond motifs is 1. The molecule has 1 N–H and O–H groups in total. The predicted octanol–water partition coefficient (Wildman–Crippen LogP) is 1.53. The van der Waals surface area contributed by atoms with Crippen molar-refractivity contribution in [3.8, 4) is 0 Å². The maximum Gasteiger partial charge on any atom is 0.172 e. The van der Waals surface area contributed by atoms with Gasteiger partial charge in [-0.25, -0.2) is 8.78 Å². The van der Waals surface area contributed by atoms with E-state index in [0.29, 0.717) is 0 Å². The first kappa shape index (κ1) is 12.6. The van der Waals surface area contributed by atoms with Crippen molar-refractivity contribution in [1.82, 2.24) is 10.2 Å². The summed E-state index contributed by atoms with van der Waals surface area (Å²) in [5.74, 6) is 0. The minimum absolute atomic E-state index is 0.159. The number of hydrogen-bond acceptors (Lipinski definition) is 2. The zero-order valence-corrected chi connectivity index (χ0v) is 9.52. The number of alkyl halides is 2. The van der Waals surface area contributed by atoms with Gasteiger partial charge in [0.2, 0.25) is 0 Å². The number of nitrogens with one attached hydrogen (secondary N) is 1. The van der Waals surface area contributed by atoms with Crippen LogP contribution >= 0.6 is 0 Å². The molecule has 0 unspecified atom stereocenters. The van der Waals surface area contributed by atoms with E-state index in [-0.39, 0.29) is 32.2 Å². The number of halogens is 2. The van der Waals surface area contributed by atoms with Crippen LogP contribution in [0.2, 0.25) is 0 Å². The third kappa shape index (κ3) is 1.93. The van der Waals surface area contributed by atoms with Crippen LogP contribution in [-0.2, 0) is 0 Å². The van der Waals surface area contributed by atoms with Crippen LogP contribution in [0.4, 0.5) is 8.78 Å². The minimum Gasteiger partial charge on any atom is -0.310 e. The molecule has 0 aromatic heterocycles.